The minimum atomic E-state index is -1.15. The molecule has 2 amide bonds. The molecular formula is C24H26N2O5. The summed E-state index contributed by atoms with van der Waals surface area (Å²) in [5.74, 6) is -1.44. The lowest BCUT2D eigenvalue weighted by molar-refractivity contribution is -0.151. The highest BCUT2D eigenvalue weighted by Crippen LogP contribution is 2.44. The highest BCUT2D eigenvalue weighted by molar-refractivity contribution is 5.88. The Morgan fingerprint density at radius 3 is 2.16 bits per heavy atom. The van der Waals surface area contributed by atoms with Crippen molar-refractivity contribution in [2.75, 3.05) is 6.61 Å². The quantitative estimate of drug-likeness (QED) is 0.634. The van der Waals surface area contributed by atoms with Gasteiger partial charge in [0.2, 0.25) is 5.91 Å². The second-order valence-electron chi connectivity index (χ2n) is 8.36. The summed E-state index contributed by atoms with van der Waals surface area (Å²) in [4.78, 5) is 35.9. The normalized spacial score (nSPS) is 16.9. The van der Waals surface area contributed by atoms with E-state index >= 15 is 0 Å². The van der Waals surface area contributed by atoms with E-state index in [2.05, 4.69) is 22.8 Å². The van der Waals surface area contributed by atoms with Crippen LogP contribution in [0, 0.1) is 0 Å². The topological polar surface area (TPSA) is 105 Å². The van der Waals surface area contributed by atoms with Crippen molar-refractivity contribution >= 4 is 18.0 Å². The van der Waals surface area contributed by atoms with Crippen LogP contribution in [0.25, 0.3) is 11.1 Å². The number of aliphatic carboxylic acids is 1. The summed E-state index contributed by atoms with van der Waals surface area (Å²) in [6.07, 6.45) is 1.03. The fourth-order valence-corrected chi connectivity index (χ4v) is 4.41. The highest BCUT2D eigenvalue weighted by atomic mass is 16.5. The van der Waals surface area contributed by atoms with Crippen molar-refractivity contribution in [2.24, 2.45) is 0 Å². The molecule has 0 radical (unpaired) electrons. The number of carbonyl (C=O) groups excluding carboxylic acids is 2. The number of nitrogens with one attached hydrogen (secondary N) is 2. The Hall–Kier alpha value is -3.35. The zero-order valence-corrected chi connectivity index (χ0v) is 17.4. The van der Waals surface area contributed by atoms with Gasteiger partial charge in [-0.25, -0.2) is 9.59 Å². The molecule has 7 nitrogen and oxygen atoms in total. The zero-order valence-electron chi connectivity index (χ0n) is 17.4. The number of alkyl carbamates (subject to hydrolysis) is 1. The van der Waals surface area contributed by atoms with E-state index in [4.69, 9.17) is 4.74 Å². The van der Waals surface area contributed by atoms with Gasteiger partial charge in [0, 0.05) is 18.4 Å². The third-order valence-corrected chi connectivity index (χ3v) is 6.19. The number of carboxylic acid groups (broad SMARTS) is 1. The number of rotatable bonds is 7. The molecule has 0 aromatic heterocycles. The molecule has 1 atom stereocenters. The average molecular weight is 422 g/mol. The van der Waals surface area contributed by atoms with E-state index in [1.807, 2.05) is 36.4 Å². The predicted octanol–water partition coefficient (Wildman–Crippen LogP) is 3.43. The minimum Gasteiger partial charge on any atom is -0.480 e. The van der Waals surface area contributed by atoms with Crippen LogP contribution in [-0.2, 0) is 14.3 Å². The smallest absolute Gasteiger partial charge is 0.407 e. The van der Waals surface area contributed by atoms with Gasteiger partial charge >= 0.3 is 12.1 Å². The molecule has 0 bridgehead atoms. The van der Waals surface area contributed by atoms with E-state index in [0.29, 0.717) is 12.8 Å². The van der Waals surface area contributed by atoms with Crippen LogP contribution in [0.15, 0.2) is 48.5 Å². The summed E-state index contributed by atoms with van der Waals surface area (Å²) in [6, 6.07) is 15.7. The lowest BCUT2D eigenvalue weighted by Crippen LogP contribution is -2.59. The molecule has 3 N–H and O–H groups in total. The molecule has 7 heteroatoms. The summed E-state index contributed by atoms with van der Waals surface area (Å²) < 4.78 is 5.49. The number of carboxylic acids is 1. The Morgan fingerprint density at radius 1 is 1.06 bits per heavy atom. The Labute approximate surface area is 180 Å². The number of hydrogen-bond acceptors (Lipinski definition) is 4. The molecule has 0 aliphatic heterocycles. The number of hydrogen-bond donors (Lipinski definition) is 3. The third kappa shape index (κ3) is 4.13. The highest BCUT2D eigenvalue weighted by Gasteiger charge is 2.45. The first kappa shape index (κ1) is 20.9. The molecule has 2 aliphatic carbocycles. The number of amides is 2. The Kier molecular flexibility index (Phi) is 5.67. The van der Waals surface area contributed by atoms with Crippen molar-refractivity contribution in [3.05, 3.63) is 59.7 Å². The van der Waals surface area contributed by atoms with Crippen LogP contribution in [0.5, 0.6) is 0 Å². The van der Waals surface area contributed by atoms with Crippen molar-refractivity contribution in [1.29, 1.82) is 0 Å². The summed E-state index contributed by atoms with van der Waals surface area (Å²) in [5, 5.41) is 14.6. The molecule has 0 saturated heterocycles. The fraction of sp³-hybridized carbons (Fsp3) is 0.375. The molecule has 1 unspecified atom stereocenters. The largest absolute Gasteiger partial charge is 0.480 e. The van der Waals surface area contributed by atoms with E-state index in [9.17, 15) is 19.5 Å². The van der Waals surface area contributed by atoms with Crippen molar-refractivity contribution in [1.82, 2.24) is 10.6 Å². The van der Waals surface area contributed by atoms with Crippen LogP contribution in [0.4, 0.5) is 4.79 Å². The molecule has 162 valence electrons. The SMILES string of the molecule is CC(CC(=O)NC1(C(=O)O)CCC1)NC(=O)OCC1c2ccccc2-c2ccccc21. The van der Waals surface area contributed by atoms with Gasteiger partial charge < -0.3 is 20.5 Å². The number of fused-ring (bicyclic) bond motifs is 3. The summed E-state index contributed by atoms with van der Waals surface area (Å²) >= 11 is 0. The average Bonchev–Trinajstić information content (AvgIpc) is 3.02. The van der Waals surface area contributed by atoms with E-state index in [1.165, 1.54) is 0 Å². The molecule has 1 saturated carbocycles. The number of carbonyl (C=O) groups is 3. The summed E-state index contributed by atoms with van der Waals surface area (Å²) in [5.41, 5.74) is 3.41. The van der Waals surface area contributed by atoms with Gasteiger partial charge in [0.1, 0.15) is 12.1 Å². The van der Waals surface area contributed by atoms with Gasteiger partial charge in [0.25, 0.3) is 0 Å². The molecule has 2 aromatic rings. The van der Waals surface area contributed by atoms with E-state index in [1.54, 1.807) is 6.92 Å². The summed E-state index contributed by atoms with van der Waals surface area (Å²) in [6.45, 7) is 1.89. The molecule has 31 heavy (non-hydrogen) atoms. The summed E-state index contributed by atoms with van der Waals surface area (Å²) in [7, 11) is 0. The first-order chi connectivity index (χ1) is 14.9. The van der Waals surface area contributed by atoms with Gasteiger partial charge in [-0.15, -0.1) is 0 Å². The molecular weight excluding hydrogens is 396 g/mol. The maximum absolute atomic E-state index is 12.3. The number of ether oxygens (including phenoxy) is 1. The van der Waals surface area contributed by atoms with Crippen molar-refractivity contribution in [2.45, 2.75) is 50.1 Å². The van der Waals surface area contributed by atoms with Gasteiger partial charge in [-0.1, -0.05) is 48.5 Å². The van der Waals surface area contributed by atoms with E-state index < -0.39 is 29.6 Å². The maximum atomic E-state index is 12.3. The maximum Gasteiger partial charge on any atom is 0.407 e. The zero-order chi connectivity index (χ0) is 22.0. The van der Waals surface area contributed by atoms with Crippen molar-refractivity contribution < 1.29 is 24.2 Å². The number of benzene rings is 2. The van der Waals surface area contributed by atoms with Crippen LogP contribution in [-0.4, -0.2) is 41.3 Å². The van der Waals surface area contributed by atoms with Crippen LogP contribution in [0.2, 0.25) is 0 Å². The molecule has 0 heterocycles. The van der Waals surface area contributed by atoms with Crippen LogP contribution in [0.3, 0.4) is 0 Å². The molecule has 1 fully saturated rings. The second kappa shape index (κ2) is 8.41. The van der Waals surface area contributed by atoms with Gasteiger partial charge in [0.05, 0.1) is 0 Å². The first-order valence-corrected chi connectivity index (χ1v) is 10.6. The monoisotopic (exact) mass is 422 g/mol. The fourth-order valence-electron chi connectivity index (χ4n) is 4.41. The third-order valence-electron chi connectivity index (χ3n) is 6.19. The molecule has 4 rings (SSSR count). The van der Waals surface area contributed by atoms with Crippen LogP contribution < -0.4 is 10.6 Å². The van der Waals surface area contributed by atoms with Gasteiger partial charge in [0.15, 0.2) is 0 Å². The van der Waals surface area contributed by atoms with Gasteiger partial charge in [-0.3, -0.25) is 4.79 Å². The Bertz CT molecular complexity index is 969. The lowest BCUT2D eigenvalue weighted by Gasteiger charge is -2.38. The molecule has 2 aromatic carbocycles. The first-order valence-electron chi connectivity index (χ1n) is 10.6. The molecule has 0 spiro atoms. The Morgan fingerprint density at radius 2 is 1.65 bits per heavy atom. The van der Waals surface area contributed by atoms with Crippen molar-refractivity contribution in [3.8, 4) is 11.1 Å². The standard InChI is InChI=1S/C24H26N2O5/c1-15(13-21(27)26-24(22(28)29)11-6-12-24)25-23(30)31-14-20-18-9-4-2-7-16(18)17-8-3-5-10-19(17)20/h2-5,7-10,15,20H,6,11-14H2,1H3,(H,25,30)(H,26,27)(H,28,29). The van der Waals surface area contributed by atoms with Gasteiger partial charge in [-0.2, -0.15) is 0 Å². The van der Waals surface area contributed by atoms with Crippen LogP contribution in [0.1, 0.15) is 49.7 Å². The second-order valence-corrected chi connectivity index (χ2v) is 8.36. The van der Waals surface area contributed by atoms with Crippen molar-refractivity contribution in [3.63, 3.8) is 0 Å². The lowest BCUT2D eigenvalue weighted by atomic mass is 9.76. The van der Waals surface area contributed by atoms with Gasteiger partial charge in [-0.05, 0) is 48.4 Å². The van der Waals surface area contributed by atoms with E-state index in [-0.39, 0.29) is 18.9 Å². The predicted molar refractivity (Wildman–Crippen MR) is 115 cm³/mol. The van der Waals surface area contributed by atoms with Crippen LogP contribution >= 0.6 is 0 Å². The Balaban J connectivity index is 1.30. The van der Waals surface area contributed by atoms with E-state index in [0.717, 1.165) is 28.7 Å². The molecule has 2 aliphatic rings. The minimum absolute atomic E-state index is 0.0147.